The summed E-state index contributed by atoms with van der Waals surface area (Å²) in [5, 5.41) is 0.329. The zero-order valence-electron chi connectivity index (χ0n) is 11.1. The van der Waals surface area contributed by atoms with E-state index in [1.807, 2.05) is 19.1 Å². The van der Waals surface area contributed by atoms with Gasteiger partial charge in [-0.05, 0) is 43.2 Å². The highest BCUT2D eigenvalue weighted by atomic mass is 35.5. The molecule has 0 bridgehead atoms. The van der Waals surface area contributed by atoms with Crippen LogP contribution in [0.5, 0.6) is 0 Å². The second kappa shape index (κ2) is 5.34. The Morgan fingerprint density at radius 1 is 1.15 bits per heavy atom. The van der Waals surface area contributed by atoms with Crippen molar-refractivity contribution in [1.82, 2.24) is 0 Å². The monoisotopic (exact) mass is 310 g/mol. The first-order chi connectivity index (χ1) is 9.31. The van der Waals surface area contributed by atoms with Gasteiger partial charge in [-0.1, -0.05) is 29.8 Å². The first-order valence-electron chi connectivity index (χ1n) is 5.95. The largest absolute Gasteiger partial charge is 0.398 e. The van der Waals surface area contributed by atoms with Crippen molar-refractivity contribution in [3.8, 4) is 0 Å². The number of anilines is 2. The van der Waals surface area contributed by atoms with Crippen molar-refractivity contribution in [2.75, 3.05) is 10.5 Å². The topological polar surface area (TPSA) is 72.2 Å². The van der Waals surface area contributed by atoms with Gasteiger partial charge in [0.05, 0.1) is 10.6 Å². The van der Waals surface area contributed by atoms with E-state index in [2.05, 4.69) is 4.72 Å². The first-order valence-corrected chi connectivity index (χ1v) is 7.81. The molecule has 0 aromatic heterocycles. The van der Waals surface area contributed by atoms with Crippen LogP contribution in [0.15, 0.2) is 41.3 Å². The molecule has 0 unspecified atom stereocenters. The maximum absolute atomic E-state index is 12.3. The van der Waals surface area contributed by atoms with Crippen molar-refractivity contribution < 1.29 is 8.42 Å². The zero-order valence-corrected chi connectivity index (χ0v) is 12.7. The molecule has 0 saturated carbocycles. The minimum atomic E-state index is -3.71. The van der Waals surface area contributed by atoms with Gasteiger partial charge in [-0.3, -0.25) is 4.72 Å². The normalized spacial score (nSPS) is 11.3. The second-order valence-electron chi connectivity index (χ2n) is 4.54. The van der Waals surface area contributed by atoms with E-state index in [-0.39, 0.29) is 4.90 Å². The van der Waals surface area contributed by atoms with E-state index in [1.165, 1.54) is 12.1 Å². The third-order valence-electron chi connectivity index (χ3n) is 3.06. The van der Waals surface area contributed by atoms with Crippen LogP contribution in [0, 0.1) is 13.8 Å². The predicted octanol–water partition coefficient (Wildman–Crippen LogP) is 3.34. The molecule has 0 radical (unpaired) electrons. The highest BCUT2D eigenvalue weighted by Gasteiger charge is 2.17. The van der Waals surface area contributed by atoms with E-state index in [0.29, 0.717) is 22.0 Å². The molecule has 106 valence electrons. The van der Waals surface area contributed by atoms with E-state index in [9.17, 15) is 8.42 Å². The van der Waals surface area contributed by atoms with Crippen LogP contribution in [-0.4, -0.2) is 8.42 Å². The molecule has 0 amide bonds. The first kappa shape index (κ1) is 14.7. The molecule has 4 nitrogen and oxygen atoms in total. The maximum atomic E-state index is 12.3. The maximum Gasteiger partial charge on any atom is 0.262 e. The summed E-state index contributed by atoms with van der Waals surface area (Å²) in [5.74, 6) is 0. The van der Waals surface area contributed by atoms with Gasteiger partial charge in [-0.25, -0.2) is 8.42 Å². The Morgan fingerprint density at radius 2 is 1.80 bits per heavy atom. The molecule has 2 aromatic rings. The molecule has 0 aliphatic rings. The van der Waals surface area contributed by atoms with Crippen molar-refractivity contribution in [2.45, 2.75) is 18.7 Å². The zero-order chi connectivity index (χ0) is 14.9. The van der Waals surface area contributed by atoms with Gasteiger partial charge in [-0.2, -0.15) is 0 Å². The Kier molecular flexibility index (Phi) is 3.92. The van der Waals surface area contributed by atoms with Crippen molar-refractivity contribution >= 4 is 33.0 Å². The molecular formula is C14H15ClN2O2S. The number of hydrogen-bond donors (Lipinski definition) is 2. The van der Waals surface area contributed by atoms with Crippen LogP contribution in [0.3, 0.4) is 0 Å². The smallest absolute Gasteiger partial charge is 0.262 e. The predicted molar refractivity (Wildman–Crippen MR) is 82.6 cm³/mol. The van der Waals surface area contributed by atoms with Gasteiger partial charge < -0.3 is 5.73 Å². The summed E-state index contributed by atoms with van der Waals surface area (Å²) < 4.78 is 27.2. The summed E-state index contributed by atoms with van der Waals surface area (Å²) >= 11 is 5.99. The number of aryl methyl sites for hydroxylation is 1. The van der Waals surface area contributed by atoms with Gasteiger partial charge in [0.15, 0.2) is 0 Å². The Bertz CT molecular complexity index is 735. The average Bonchev–Trinajstić information content (AvgIpc) is 2.38. The van der Waals surface area contributed by atoms with Crippen molar-refractivity contribution in [3.05, 3.63) is 52.5 Å². The average molecular weight is 311 g/mol. The summed E-state index contributed by atoms with van der Waals surface area (Å²) in [4.78, 5) is 0.0499. The van der Waals surface area contributed by atoms with Crippen LogP contribution in [0.25, 0.3) is 0 Å². The van der Waals surface area contributed by atoms with Gasteiger partial charge >= 0.3 is 0 Å². The summed E-state index contributed by atoms with van der Waals surface area (Å²) in [6.45, 7) is 3.57. The number of para-hydroxylation sites is 1. The van der Waals surface area contributed by atoms with E-state index >= 15 is 0 Å². The third kappa shape index (κ3) is 2.89. The lowest BCUT2D eigenvalue weighted by molar-refractivity contribution is 0.601. The summed E-state index contributed by atoms with van der Waals surface area (Å²) in [7, 11) is -3.71. The number of rotatable bonds is 3. The quantitative estimate of drug-likeness (QED) is 0.854. The van der Waals surface area contributed by atoms with E-state index in [4.69, 9.17) is 17.3 Å². The highest BCUT2D eigenvalue weighted by Crippen LogP contribution is 2.27. The van der Waals surface area contributed by atoms with Crippen LogP contribution < -0.4 is 10.5 Å². The molecule has 0 saturated heterocycles. The van der Waals surface area contributed by atoms with Crippen LogP contribution in [0.1, 0.15) is 11.1 Å². The fraction of sp³-hybridized carbons (Fsp3) is 0.143. The summed E-state index contributed by atoms with van der Waals surface area (Å²) in [6, 6.07) is 9.94. The van der Waals surface area contributed by atoms with Gasteiger partial charge in [0.1, 0.15) is 0 Å². The Labute approximate surface area is 123 Å². The van der Waals surface area contributed by atoms with E-state index in [0.717, 1.165) is 5.56 Å². The molecule has 3 N–H and O–H groups in total. The van der Waals surface area contributed by atoms with Gasteiger partial charge in [0.25, 0.3) is 10.0 Å². The second-order valence-corrected chi connectivity index (χ2v) is 6.63. The van der Waals surface area contributed by atoms with Crippen molar-refractivity contribution in [2.24, 2.45) is 0 Å². The fourth-order valence-corrected chi connectivity index (χ4v) is 3.20. The number of benzene rings is 2. The number of hydrogen-bond acceptors (Lipinski definition) is 3. The minimum absolute atomic E-state index is 0.0499. The van der Waals surface area contributed by atoms with Crippen molar-refractivity contribution in [1.29, 1.82) is 0 Å². The highest BCUT2D eigenvalue weighted by molar-refractivity contribution is 7.92. The number of nitrogen functional groups attached to an aromatic ring is 1. The number of halogens is 1. The molecule has 0 atom stereocenters. The van der Waals surface area contributed by atoms with Crippen LogP contribution in [0.2, 0.25) is 5.02 Å². The molecule has 0 spiro atoms. The molecule has 2 rings (SSSR count). The number of sulfonamides is 1. The molecule has 0 heterocycles. The Hall–Kier alpha value is -1.72. The molecule has 0 aliphatic carbocycles. The van der Waals surface area contributed by atoms with Gasteiger partial charge in [-0.15, -0.1) is 0 Å². The fourth-order valence-electron chi connectivity index (χ4n) is 1.72. The molecular weight excluding hydrogens is 296 g/mol. The third-order valence-corrected chi connectivity index (χ3v) is 4.80. The SMILES string of the molecule is Cc1ccccc1NS(=O)(=O)c1cc(N)c(C)c(Cl)c1. The standard InChI is InChI=1S/C14H15ClN2O2S/c1-9-5-3-4-6-14(9)17-20(18,19)11-7-12(15)10(2)13(16)8-11/h3-8,17H,16H2,1-2H3. The summed E-state index contributed by atoms with van der Waals surface area (Å²) in [6.07, 6.45) is 0. The van der Waals surface area contributed by atoms with E-state index in [1.54, 1.807) is 19.1 Å². The van der Waals surface area contributed by atoms with Gasteiger partial charge in [0.2, 0.25) is 0 Å². The molecule has 6 heteroatoms. The number of nitrogens with two attached hydrogens (primary N) is 1. The van der Waals surface area contributed by atoms with Crippen LogP contribution >= 0.6 is 11.6 Å². The lowest BCUT2D eigenvalue weighted by Gasteiger charge is -2.12. The Morgan fingerprint density at radius 3 is 2.40 bits per heavy atom. The number of nitrogens with one attached hydrogen (secondary N) is 1. The lowest BCUT2D eigenvalue weighted by atomic mass is 10.2. The molecule has 20 heavy (non-hydrogen) atoms. The Balaban J connectivity index is 2.44. The lowest BCUT2D eigenvalue weighted by Crippen LogP contribution is -2.14. The van der Waals surface area contributed by atoms with Crippen LogP contribution in [0.4, 0.5) is 11.4 Å². The van der Waals surface area contributed by atoms with E-state index < -0.39 is 10.0 Å². The molecule has 2 aromatic carbocycles. The van der Waals surface area contributed by atoms with Crippen LogP contribution in [-0.2, 0) is 10.0 Å². The molecule has 0 aliphatic heterocycles. The summed E-state index contributed by atoms with van der Waals surface area (Å²) in [5.41, 5.74) is 8.15. The van der Waals surface area contributed by atoms with Gasteiger partial charge in [0, 0.05) is 10.7 Å². The minimum Gasteiger partial charge on any atom is -0.398 e. The molecule has 0 fully saturated rings. The van der Waals surface area contributed by atoms with Crippen molar-refractivity contribution in [3.63, 3.8) is 0 Å².